The molecule has 90 valence electrons. The Kier molecular flexibility index (Phi) is 6.38. The molecule has 0 saturated carbocycles. The summed E-state index contributed by atoms with van der Waals surface area (Å²) < 4.78 is 1.83. The van der Waals surface area contributed by atoms with E-state index in [0.29, 0.717) is 0 Å². The average molecular weight is 221 g/mol. The van der Waals surface area contributed by atoms with Crippen LogP contribution in [0.5, 0.6) is 0 Å². The van der Waals surface area contributed by atoms with Crippen molar-refractivity contribution in [2.24, 2.45) is 0 Å². The Labute approximate surface area is 98.5 Å². The van der Waals surface area contributed by atoms with Crippen molar-refractivity contribution in [3.63, 3.8) is 0 Å². The van der Waals surface area contributed by atoms with Crippen LogP contribution in [0.4, 0.5) is 0 Å². The van der Waals surface area contributed by atoms with Crippen LogP contribution in [0.2, 0.25) is 0 Å². The second-order valence-electron chi connectivity index (χ2n) is 3.13. The lowest BCUT2D eigenvalue weighted by molar-refractivity contribution is 0.920. The van der Waals surface area contributed by atoms with E-state index in [-0.39, 0.29) is 0 Å². The van der Waals surface area contributed by atoms with Crippen molar-refractivity contribution in [2.75, 3.05) is 0 Å². The number of fused-ring (bicyclic) bond motifs is 1. The molecule has 0 N–H and O–H groups in total. The van der Waals surface area contributed by atoms with Crippen molar-refractivity contribution in [1.82, 2.24) is 14.6 Å². The van der Waals surface area contributed by atoms with Gasteiger partial charge in [-0.15, -0.1) is 0 Å². The molecule has 0 aliphatic carbocycles. The molecular weight excluding hydrogens is 198 g/mol. The summed E-state index contributed by atoms with van der Waals surface area (Å²) in [4.78, 5) is 4.31. The summed E-state index contributed by atoms with van der Waals surface area (Å²) >= 11 is 0. The monoisotopic (exact) mass is 221 g/mol. The van der Waals surface area contributed by atoms with Crippen LogP contribution in [0.25, 0.3) is 5.65 Å². The average Bonchev–Trinajstić information content (AvgIpc) is 2.65. The van der Waals surface area contributed by atoms with Crippen molar-refractivity contribution in [3.8, 4) is 0 Å². The molecular formula is C13H23N3. The normalized spacial score (nSPS) is 8.94. The number of pyridine rings is 1. The van der Waals surface area contributed by atoms with Gasteiger partial charge in [0.25, 0.3) is 0 Å². The van der Waals surface area contributed by atoms with Crippen LogP contribution in [-0.4, -0.2) is 14.6 Å². The molecule has 0 radical (unpaired) electrons. The van der Waals surface area contributed by atoms with Gasteiger partial charge < -0.3 is 0 Å². The fraction of sp³-hybridized carbons (Fsp3) is 0.538. The van der Waals surface area contributed by atoms with Gasteiger partial charge in [0.15, 0.2) is 5.65 Å². The molecule has 16 heavy (non-hydrogen) atoms. The van der Waals surface area contributed by atoms with Gasteiger partial charge in [0.05, 0.1) is 0 Å². The van der Waals surface area contributed by atoms with Crippen LogP contribution < -0.4 is 0 Å². The van der Waals surface area contributed by atoms with Crippen molar-refractivity contribution in [1.29, 1.82) is 0 Å². The predicted molar refractivity (Wildman–Crippen MR) is 69.9 cm³/mol. The van der Waals surface area contributed by atoms with Crippen LogP contribution in [0.3, 0.4) is 0 Å². The van der Waals surface area contributed by atoms with Gasteiger partial charge in [0.1, 0.15) is 5.82 Å². The maximum Gasteiger partial charge on any atom is 0.158 e. The SMILES string of the molecule is CC.CC.Cc1cc(C)c2nc(C)nn2c1. The Morgan fingerprint density at radius 1 is 1.00 bits per heavy atom. The quantitative estimate of drug-likeness (QED) is 0.679. The van der Waals surface area contributed by atoms with E-state index < -0.39 is 0 Å². The molecule has 0 aliphatic heterocycles. The fourth-order valence-electron chi connectivity index (χ4n) is 1.43. The van der Waals surface area contributed by atoms with Crippen LogP contribution in [0.15, 0.2) is 12.3 Å². The molecule has 2 rings (SSSR count). The molecule has 0 spiro atoms. The van der Waals surface area contributed by atoms with Gasteiger partial charge in [-0.05, 0) is 31.9 Å². The lowest BCUT2D eigenvalue weighted by atomic mass is 10.2. The van der Waals surface area contributed by atoms with Crippen molar-refractivity contribution in [2.45, 2.75) is 48.5 Å². The molecule has 0 aliphatic rings. The zero-order valence-electron chi connectivity index (χ0n) is 11.5. The Bertz CT molecular complexity index is 430. The molecule has 0 aromatic carbocycles. The predicted octanol–water partition coefficient (Wildman–Crippen LogP) is 3.71. The van der Waals surface area contributed by atoms with Gasteiger partial charge in [-0.25, -0.2) is 9.50 Å². The second kappa shape index (κ2) is 6.99. The Balaban J connectivity index is 0.000000509. The highest BCUT2D eigenvalue weighted by atomic mass is 15.3. The number of aryl methyl sites for hydroxylation is 3. The first-order chi connectivity index (χ1) is 7.66. The molecule has 2 aromatic rings. The molecule has 2 aromatic heterocycles. The highest BCUT2D eigenvalue weighted by molar-refractivity contribution is 5.47. The largest absolute Gasteiger partial charge is 0.220 e. The van der Waals surface area contributed by atoms with Crippen molar-refractivity contribution >= 4 is 5.65 Å². The third kappa shape index (κ3) is 3.33. The summed E-state index contributed by atoms with van der Waals surface area (Å²) in [5.41, 5.74) is 3.35. The molecule has 0 atom stereocenters. The standard InChI is InChI=1S/C9H11N3.2C2H6/c1-6-4-7(2)9-10-8(3)11-12(9)5-6;2*1-2/h4-5H,1-3H3;2*1-2H3. The van der Waals surface area contributed by atoms with Crippen LogP contribution in [-0.2, 0) is 0 Å². The summed E-state index contributed by atoms with van der Waals surface area (Å²) in [6.07, 6.45) is 1.99. The Morgan fingerprint density at radius 2 is 1.56 bits per heavy atom. The van der Waals surface area contributed by atoms with E-state index in [1.807, 2.05) is 45.3 Å². The topological polar surface area (TPSA) is 30.2 Å². The smallest absolute Gasteiger partial charge is 0.158 e. The maximum absolute atomic E-state index is 4.31. The lowest BCUT2D eigenvalue weighted by Crippen LogP contribution is -1.91. The molecule has 0 amide bonds. The Morgan fingerprint density at radius 3 is 2.12 bits per heavy atom. The third-order valence-electron chi connectivity index (χ3n) is 1.86. The minimum Gasteiger partial charge on any atom is -0.220 e. The van der Waals surface area contributed by atoms with E-state index in [0.717, 1.165) is 11.5 Å². The van der Waals surface area contributed by atoms with Gasteiger partial charge >= 0.3 is 0 Å². The van der Waals surface area contributed by atoms with Gasteiger partial charge in [0, 0.05) is 6.20 Å². The van der Waals surface area contributed by atoms with Gasteiger partial charge in [-0.2, -0.15) is 5.10 Å². The van der Waals surface area contributed by atoms with E-state index >= 15 is 0 Å². The molecule has 0 unspecified atom stereocenters. The molecule has 2 heterocycles. The van der Waals surface area contributed by atoms with E-state index in [1.165, 1.54) is 11.1 Å². The number of aromatic nitrogens is 3. The van der Waals surface area contributed by atoms with Crippen LogP contribution in [0, 0.1) is 20.8 Å². The molecule has 3 nitrogen and oxygen atoms in total. The molecule has 3 heteroatoms. The first-order valence-corrected chi connectivity index (χ1v) is 5.97. The van der Waals surface area contributed by atoms with E-state index in [2.05, 4.69) is 30.0 Å². The molecule has 0 saturated heterocycles. The number of rotatable bonds is 0. The third-order valence-corrected chi connectivity index (χ3v) is 1.86. The fourth-order valence-corrected chi connectivity index (χ4v) is 1.43. The highest BCUT2D eigenvalue weighted by Crippen LogP contribution is 2.09. The number of hydrogen-bond donors (Lipinski definition) is 0. The minimum absolute atomic E-state index is 0.823. The van der Waals surface area contributed by atoms with Crippen LogP contribution >= 0.6 is 0 Å². The van der Waals surface area contributed by atoms with Crippen LogP contribution in [0.1, 0.15) is 44.6 Å². The zero-order chi connectivity index (χ0) is 12.7. The lowest BCUT2D eigenvalue weighted by Gasteiger charge is -1.97. The zero-order valence-corrected chi connectivity index (χ0v) is 11.5. The maximum atomic E-state index is 4.31. The first kappa shape index (κ1) is 14.6. The first-order valence-electron chi connectivity index (χ1n) is 5.97. The number of nitrogens with zero attached hydrogens (tertiary/aromatic N) is 3. The summed E-state index contributed by atoms with van der Waals surface area (Å²) in [7, 11) is 0. The van der Waals surface area contributed by atoms with E-state index in [1.54, 1.807) is 0 Å². The minimum atomic E-state index is 0.823. The Hall–Kier alpha value is -1.38. The highest BCUT2D eigenvalue weighted by Gasteiger charge is 2.01. The summed E-state index contributed by atoms with van der Waals surface area (Å²) in [5, 5.41) is 4.24. The molecule has 0 bridgehead atoms. The summed E-state index contributed by atoms with van der Waals surface area (Å²) in [6.45, 7) is 14.0. The summed E-state index contributed by atoms with van der Waals surface area (Å²) in [6, 6.07) is 2.11. The number of hydrogen-bond acceptors (Lipinski definition) is 2. The van der Waals surface area contributed by atoms with Crippen molar-refractivity contribution in [3.05, 3.63) is 29.2 Å². The summed E-state index contributed by atoms with van der Waals surface area (Å²) in [5.74, 6) is 0.823. The van der Waals surface area contributed by atoms with Gasteiger partial charge in [-0.1, -0.05) is 33.8 Å². The molecule has 0 fully saturated rings. The second-order valence-corrected chi connectivity index (χ2v) is 3.13. The van der Waals surface area contributed by atoms with E-state index in [4.69, 9.17) is 0 Å². The van der Waals surface area contributed by atoms with Gasteiger partial charge in [0.2, 0.25) is 0 Å². The van der Waals surface area contributed by atoms with Crippen molar-refractivity contribution < 1.29 is 0 Å². The van der Waals surface area contributed by atoms with Gasteiger partial charge in [-0.3, -0.25) is 0 Å². The van der Waals surface area contributed by atoms with E-state index in [9.17, 15) is 0 Å².